The number of benzene rings is 1. The lowest BCUT2D eigenvalue weighted by atomic mass is 9.81. The minimum absolute atomic E-state index is 0.0231. The van der Waals surface area contributed by atoms with Gasteiger partial charge in [0.25, 0.3) is 0 Å². The molecule has 2 amide bonds. The van der Waals surface area contributed by atoms with E-state index in [0.29, 0.717) is 24.9 Å². The summed E-state index contributed by atoms with van der Waals surface area (Å²) in [6.45, 7) is 8.47. The van der Waals surface area contributed by atoms with Crippen LogP contribution in [-0.4, -0.2) is 84.0 Å². The lowest BCUT2D eigenvalue weighted by Crippen LogP contribution is -2.45. The van der Waals surface area contributed by atoms with Crippen LogP contribution in [0.5, 0.6) is 0 Å². The van der Waals surface area contributed by atoms with Crippen molar-refractivity contribution in [2.75, 3.05) is 43.9 Å². The number of carboxylic acids is 2. The van der Waals surface area contributed by atoms with Crippen LogP contribution in [0.3, 0.4) is 0 Å². The number of carboxylic acid groups (broad SMARTS) is 2. The highest BCUT2D eigenvalue weighted by molar-refractivity contribution is 6.27. The molecule has 188 valence electrons. The van der Waals surface area contributed by atoms with Gasteiger partial charge in [0.1, 0.15) is 0 Å². The predicted octanol–water partition coefficient (Wildman–Crippen LogP) is 3.00. The molecule has 1 fully saturated rings. The fraction of sp³-hybridized carbons (Fsp3) is 0.565. The second kappa shape index (κ2) is 11.2. The number of anilines is 2. The number of hydrogen-bond acceptors (Lipinski definition) is 7. The van der Waals surface area contributed by atoms with Gasteiger partial charge in [0.2, 0.25) is 0 Å². The number of likely N-dealkylation sites (N-methyl/N-ethyl adjacent to an activating group) is 2. The van der Waals surface area contributed by atoms with E-state index < -0.39 is 24.1 Å². The van der Waals surface area contributed by atoms with E-state index in [1.54, 1.807) is 4.90 Å². The summed E-state index contributed by atoms with van der Waals surface area (Å²) in [4.78, 5) is 48.9. The molecule has 11 nitrogen and oxygen atoms in total. The van der Waals surface area contributed by atoms with Crippen molar-refractivity contribution < 1.29 is 34.1 Å². The van der Waals surface area contributed by atoms with Crippen LogP contribution in [0.4, 0.5) is 21.0 Å². The van der Waals surface area contributed by atoms with Gasteiger partial charge in [0, 0.05) is 43.5 Å². The van der Waals surface area contributed by atoms with Crippen LogP contribution < -0.4 is 10.2 Å². The van der Waals surface area contributed by atoms with Gasteiger partial charge in [-0.25, -0.2) is 19.2 Å². The Labute approximate surface area is 199 Å². The van der Waals surface area contributed by atoms with Crippen molar-refractivity contribution in [3.05, 3.63) is 23.8 Å². The van der Waals surface area contributed by atoms with E-state index >= 15 is 0 Å². The van der Waals surface area contributed by atoms with E-state index in [0.717, 1.165) is 25.8 Å². The highest BCUT2D eigenvalue weighted by atomic mass is 16.6. The number of ether oxygens (including phenoxy) is 1. The summed E-state index contributed by atoms with van der Waals surface area (Å²) in [5.41, 5.74) is 3.09. The largest absolute Gasteiger partial charge is 0.473 e. The van der Waals surface area contributed by atoms with E-state index in [2.05, 4.69) is 36.1 Å². The fourth-order valence-corrected chi connectivity index (χ4v) is 4.78. The van der Waals surface area contributed by atoms with Crippen molar-refractivity contribution in [1.82, 2.24) is 9.80 Å². The first-order valence-electron chi connectivity index (χ1n) is 11.3. The highest BCUT2D eigenvalue weighted by Gasteiger charge is 2.52. The number of likely N-dealkylation sites (tertiary alicyclic amines) is 1. The second-order valence-corrected chi connectivity index (χ2v) is 8.74. The van der Waals surface area contributed by atoms with Gasteiger partial charge in [0.05, 0.1) is 6.17 Å². The molecule has 2 heterocycles. The zero-order chi connectivity index (χ0) is 25.6. The molecule has 1 aromatic rings. The van der Waals surface area contributed by atoms with Crippen LogP contribution in [0.15, 0.2) is 18.2 Å². The third-order valence-corrected chi connectivity index (χ3v) is 6.18. The highest BCUT2D eigenvalue weighted by Crippen LogP contribution is 2.51. The Balaban J connectivity index is 0.000000604. The number of fused-ring (bicyclic) bond motifs is 3. The predicted molar refractivity (Wildman–Crippen MR) is 126 cm³/mol. The number of amides is 2. The SMILES string of the molecule is CCCN(CCC)C(=O)OC(=O)Nc1ccc2c(c1)[C@]1(C)CCN(C)[C@H]1N2C.O=C(O)C(=O)O. The van der Waals surface area contributed by atoms with Crippen LogP contribution in [0, 0.1) is 0 Å². The smallest absolute Gasteiger partial charge is 0.420 e. The molecular weight excluding hydrogens is 444 g/mol. The Bertz CT molecular complexity index is 920. The van der Waals surface area contributed by atoms with Gasteiger partial charge in [-0.15, -0.1) is 0 Å². The summed E-state index contributed by atoms with van der Waals surface area (Å²) in [5, 5.41) is 17.5. The molecule has 34 heavy (non-hydrogen) atoms. The first-order chi connectivity index (χ1) is 16.0. The lowest BCUT2D eigenvalue weighted by Gasteiger charge is -2.32. The molecule has 11 heteroatoms. The van der Waals surface area contributed by atoms with Crippen molar-refractivity contribution in [3.8, 4) is 0 Å². The third kappa shape index (κ3) is 5.77. The topological polar surface area (TPSA) is 140 Å². The van der Waals surface area contributed by atoms with Crippen LogP contribution in [0.1, 0.15) is 45.6 Å². The number of nitrogens with one attached hydrogen (secondary N) is 1. The average Bonchev–Trinajstić information content (AvgIpc) is 3.19. The fourth-order valence-electron chi connectivity index (χ4n) is 4.78. The Morgan fingerprint density at radius 3 is 2.24 bits per heavy atom. The zero-order valence-corrected chi connectivity index (χ0v) is 20.3. The van der Waals surface area contributed by atoms with Crippen LogP contribution in [-0.2, 0) is 19.7 Å². The summed E-state index contributed by atoms with van der Waals surface area (Å²) in [6.07, 6.45) is 1.71. The molecule has 1 saturated heterocycles. The average molecular weight is 479 g/mol. The number of nitrogens with zero attached hydrogens (tertiary/aromatic N) is 3. The van der Waals surface area contributed by atoms with Crippen molar-refractivity contribution in [2.45, 2.75) is 51.6 Å². The Morgan fingerprint density at radius 2 is 1.71 bits per heavy atom. The third-order valence-electron chi connectivity index (χ3n) is 6.18. The quantitative estimate of drug-likeness (QED) is 0.430. The molecule has 0 aromatic heterocycles. The molecule has 3 N–H and O–H groups in total. The maximum absolute atomic E-state index is 12.3. The van der Waals surface area contributed by atoms with Gasteiger partial charge in [-0.1, -0.05) is 20.8 Å². The van der Waals surface area contributed by atoms with E-state index in [1.165, 1.54) is 11.3 Å². The molecule has 0 saturated carbocycles. The van der Waals surface area contributed by atoms with E-state index in [4.69, 9.17) is 24.5 Å². The van der Waals surface area contributed by atoms with Crippen LogP contribution >= 0.6 is 0 Å². The van der Waals surface area contributed by atoms with Gasteiger partial charge in [-0.3, -0.25) is 10.2 Å². The standard InChI is InChI=1S/C21H32N4O3.C2H2O4/c1-6-11-25(12-7-2)20(27)28-19(26)22-15-8-9-17-16(14-15)21(3)10-13-23(4)18(21)24(17)5;3-1(4)2(5)6/h8-9,14,18H,6-7,10-13H2,1-5H3,(H,22,26);(H,3,4)(H,5,6)/t18-,21-;/m0./s1. The molecule has 3 rings (SSSR count). The normalized spacial score (nSPS) is 20.5. The van der Waals surface area contributed by atoms with Crippen molar-refractivity contribution in [2.24, 2.45) is 0 Å². The zero-order valence-electron chi connectivity index (χ0n) is 20.3. The van der Waals surface area contributed by atoms with Gasteiger partial charge < -0.3 is 24.7 Å². The Morgan fingerprint density at radius 1 is 1.12 bits per heavy atom. The summed E-state index contributed by atoms with van der Waals surface area (Å²) in [6, 6.07) is 5.92. The molecule has 0 unspecified atom stereocenters. The number of rotatable bonds is 5. The minimum Gasteiger partial charge on any atom is -0.473 e. The maximum atomic E-state index is 12.3. The summed E-state index contributed by atoms with van der Waals surface area (Å²) >= 11 is 0. The summed E-state index contributed by atoms with van der Waals surface area (Å²) < 4.78 is 5.01. The Kier molecular flexibility index (Phi) is 8.86. The molecule has 2 aliphatic rings. The summed E-state index contributed by atoms with van der Waals surface area (Å²) in [7, 11) is 4.27. The van der Waals surface area contributed by atoms with E-state index in [1.807, 2.05) is 32.0 Å². The maximum Gasteiger partial charge on any atom is 0.420 e. The molecule has 2 aliphatic heterocycles. The Hall–Kier alpha value is -3.34. The molecule has 2 atom stereocenters. The molecule has 0 radical (unpaired) electrons. The van der Waals surface area contributed by atoms with Gasteiger partial charge >= 0.3 is 24.1 Å². The first-order valence-corrected chi connectivity index (χ1v) is 11.3. The molecule has 0 bridgehead atoms. The van der Waals surface area contributed by atoms with Crippen molar-refractivity contribution in [1.29, 1.82) is 0 Å². The van der Waals surface area contributed by atoms with Crippen molar-refractivity contribution >= 4 is 35.5 Å². The first kappa shape index (κ1) is 26.9. The minimum atomic E-state index is -1.82. The monoisotopic (exact) mass is 478 g/mol. The molecule has 0 aliphatic carbocycles. The van der Waals surface area contributed by atoms with Crippen LogP contribution in [0.25, 0.3) is 0 Å². The summed E-state index contributed by atoms with van der Waals surface area (Å²) in [5.74, 6) is -3.65. The number of carbonyl (C=O) groups is 4. The molecule has 0 spiro atoms. The second-order valence-electron chi connectivity index (χ2n) is 8.74. The van der Waals surface area contributed by atoms with E-state index in [-0.39, 0.29) is 5.41 Å². The van der Waals surface area contributed by atoms with Crippen molar-refractivity contribution in [3.63, 3.8) is 0 Å². The van der Waals surface area contributed by atoms with Gasteiger partial charge in [0.15, 0.2) is 0 Å². The van der Waals surface area contributed by atoms with E-state index in [9.17, 15) is 9.59 Å². The number of hydrogen-bond donors (Lipinski definition) is 3. The lowest BCUT2D eigenvalue weighted by molar-refractivity contribution is -0.159. The van der Waals surface area contributed by atoms with Gasteiger partial charge in [-0.2, -0.15) is 0 Å². The molecular formula is C23H34N4O7. The molecule has 1 aromatic carbocycles. The van der Waals surface area contributed by atoms with Crippen LogP contribution in [0.2, 0.25) is 0 Å². The van der Waals surface area contributed by atoms with Gasteiger partial charge in [-0.05, 0) is 50.1 Å². The number of carbonyl (C=O) groups excluding carboxylic acids is 2. The number of aliphatic carboxylic acids is 2.